The van der Waals surface area contributed by atoms with Gasteiger partial charge in [0.05, 0.1) is 12.0 Å². The molecule has 0 atom stereocenters. The number of aromatic nitrogens is 3. The van der Waals surface area contributed by atoms with Gasteiger partial charge in [-0.25, -0.2) is 8.78 Å². The van der Waals surface area contributed by atoms with Gasteiger partial charge in [-0.1, -0.05) is 12.6 Å². The van der Waals surface area contributed by atoms with Crippen LogP contribution in [0.25, 0.3) is 11.0 Å². The number of fused-ring (bicyclic) bond motifs is 1. The van der Waals surface area contributed by atoms with E-state index in [4.69, 9.17) is 14.2 Å². The highest BCUT2D eigenvalue weighted by Gasteiger charge is 2.16. The lowest BCUT2D eigenvalue weighted by molar-refractivity contribution is -0.111. The van der Waals surface area contributed by atoms with Gasteiger partial charge in [-0.3, -0.25) is 4.79 Å². The number of rotatable bonds is 10. The third-order valence-corrected chi connectivity index (χ3v) is 4.67. The van der Waals surface area contributed by atoms with Gasteiger partial charge < -0.3 is 29.8 Å². The van der Waals surface area contributed by atoms with Crippen molar-refractivity contribution in [3.63, 3.8) is 0 Å². The highest BCUT2D eigenvalue weighted by molar-refractivity contribution is 5.99. The topological polar surface area (TPSA) is 110 Å². The Kier molecular flexibility index (Phi) is 7.17. The van der Waals surface area contributed by atoms with E-state index in [1.165, 1.54) is 7.11 Å². The number of hydrogen-bond donors (Lipinski definition) is 3. The first-order valence-electron chi connectivity index (χ1n) is 10.4. The molecule has 1 amide bonds. The van der Waals surface area contributed by atoms with Gasteiger partial charge in [0.25, 0.3) is 0 Å². The summed E-state index contributed by atoms with van der Waals surface area (Å²) in [6, 6.07) is 10.6. The molecular weight excluding hydrogens is 460 g/mol. The summed E-state index contributed by atoms with van der Waals surface area (Å²) in [5.41, 5.74) is 1.02. The second-order valence-corrected chi connectivity index (χ2v) is 7.15. The van der Waals surface area contributed by atoms with Crippen molar-refractivity contribution in [1.29, 1.82) is 0 Å². The van der Waals surface area contributed by atoms with Crippen LogP contribution in [-0.4, -0.2) is 41.2 Å². The van der Waals surface area contributed by atoms with E-state index in [1.54, 1.807) is 36.5 Å². The number of aromatic amines is 1. The molecular formula is C24H21F2N5O4. The monoisotopic (exact) mass is 481 g/mol. The summed E-state index contributed by atoms with van der Waals surface area (Å²) >= 11 is 0. The predicted molar refractivity (Wildman–Crippen MR) is 126 cm³/mol. The Hall–Kier alpha value is -4.51. The number of carbonyl (C=O) groups excluding carboxylic acids is 1. The van der Waals surface area contributed by atoms with E-state index < -0.39 is 17.4 Å². The first-order valence-corrected chi connectivity index (χ1v) is 10.4. The number of carbonyl (C=O) groups is 1. The number of hydrogen-bond acceptors (Lipinski definition) is 7. The van der Waals surface area contributed by atoms with Crippen LogP contribution in [0.15, 0.2) is 61.3 Å². The summed E-state index contributed by atoms with van der Waals surface area (Å²) in [5, 5.41) is 6.01. The highest BCUT2D eigenvalue weighted by Crippen LogP contribution is 2.31. The Morgan fingerprint density at radius 2 is 1.91 bits per heavy atom. The molecule has 0 unspecified atom stereocenters. The van der Waals surface area contributed by atoms with E-state index >= 15 is 0 Å². The van der Waals surface area contributed by atoms with Crippen molar-refractivity contribution in [3.8, 4) is 17.4 Å². The maximum Gasteiger partial charge on any atom is 0.247 e. The van der Waals surface area contributed by atoms with Crippen LogP contribution in [-0.2, 0) is 9.53 Å². The van der Waals surface area contributed by atoms with Crippen molar-refractivity contribution in [2.45, 2.75) is 0 Å². The van der Waals surface area contributed by atoms with Crippen molar-refractivity contribution in [2.24, 2.45) is 0 Å². The van der Waals surface area contributed by atoms with Crippen LogP contribution in [0.5, 0.6) is 17.4 Å². The lowest BCUT2D eigenvalue weighted by Gasteiger charge is -2.12. The van der Waals surface area contributed by atoms with E-state index in [-0.39, 0.29) is 36.6 Å². The van der Waals surface area contributed by atoms with Gasteiger partial charge >= 0.3 is 0 Å². The summed E-state index contributed by atoms with van der Waals surface area (Å²) in [6.07, 6.45) is 2.81. The number of anilines is 3. The number of H-pyrrole nitrogens is 1. The molecule has 0 saturated heterocycles. The molecule has 0 radical (unpaired) electrons. The number of benzene rings is 2. The quantitative estimate of drug-likeness (QED) is 0.218. The van der Waals surface area contributed by atoms with E-state index in [2.05, 4.69) is 32.2 Å². The molecule has 3 N–H and O–H groups in total. The Balaban J connectivity index is 1.59. The summed E-state index contributed by atoms with van der Waals surface area (Å²) < 4.78 is 44.7. The van der Waals surface area contributed by atoms with Crippen molar-refractivity contribution < 1.29 is 27.8 Å². The molecule has 0 aliphatic carbocycles. The van der Waals surface area contributed by atoms with Crippen LogP contribution in [0.4, 0.5) is 26.1 Å². The maximum atomic E-state index is 14.4. The zero-order valence-corrected chi connectivity index (χ0v) is 18.6. The molecule has 11 heteroatoms. The minimum atomic E-state index is -0.889. The van der Waals surface area contributed by atoms with Crippen LogP contribution in [0, 0.1) is 11.6 Å². The van der Waals surface area contributed by atoms with E-state index in [0.717, 1.165) is 18.2 Å². The molecule has 0 aliphatic heterocycles. The molecule has 180 valence electrons. The number of amides is 1. The number of halogens is 2. The second-order valence-electron chi connectivity index (χ2n) is 7.15. The molecule has 2 aromatic heterocycles. The molecule has 0 bridgehead atoms. The molecule has 4 rings (SSSR count). The minimum Gasteiger partial charge on any atom is -0.485 e. The average Bonchev–Trinajstić information content (AvgIpc) is 3.30. The van der Waals surface area contributed by atoms with E-state index in [9.17, 15) is 13.6 Å². The van der Waals surface area contributed by atoms with Gasteiger partial charge in [-0.15, -0.1) is 0 Å². The van der Waals surface area contributed by atoms with Gasteiger partial charge in [0.2, 0.25) is 17.7 Å². The van der Waals surface area contributed by atoms with Crippen LogP contribution >= 0.6 is 0 Å². The van der Waals surface area contributed by atoms with Crippen molar-refractivity contribution in [2.75, 3.05) is 31.0 Å². The molecule has 9 nitrogen and oxygen atoms in total. The molecule has 0 fully saturated rings. The van der Waals surface area contributed by atoms with Crippen molar-refractivity contribution in [3.05, 3.63) is 73.0 Å². The van der Waals surface area contributed by atoms with Crippen LogP contribution in [0.2, 0.25) is 0 Å². The zero-order valence-electron chi connectivity index (χ0n) is 18.6. The summed E-state index contributed by atoms with van der Waals surface area (Å²) in [4.78, 5) is 23.2. The summed E-state index contributed by atoms with van der Waals surface area (Å²) in [5.74, 6) is -2.02. The molecule has 0 saturated carbocycles. The predicted octanol–water partition coefficient (Wildman–Crippen LogP) is 4.92. The number of nitrogens with zero attached hydrogens (tertiary/aromatic N) is 2. The second kappa shape index (κ2) is 10.6. The number of nitrogens with one attached hydrogen (secondary N) is 3. The van der Waals surface area contributed by atoms with E-state index in [1.807, 2.05) is 0 Å². The van der Waals surface area contributed by atoms with Crippen LogP contribution in [0.3, 0.4) is 0 Å². The molecule has 4 aromatic rings. The Labute approximate surface area is 198 Å². The fourth-order valence-corrected chi connectivity index (χ4v) is 3.12. The third-order valence-electron chi connectivity index (χ3n) is 4.67. The Morgan fingerprint density at radius 1 is 1.11 bits per heavy atom. The summed E-state index contributed by atoms with van der Waals surface area (Å²) in [6.45, 7) is 3.61. The molecule has 0 aliphatic rings. The summed E-state index contributed by atoms with van der Waals surface area (Å²) in [7, 11) is 1.46. The molecule has 2 aromatic carbocycles. The van der Waals surface area contributed by atoms with E-state index in [0.29, 0.717) is 22.5 Å². The first kappa shape index (κ1) is 23.6. The van der Waals surface area contributed by atoms with Gasteiger partial charge in [0, 0.05) is 42.9 Å². The number of ether oxygens (including phenoxy) is 3. The molecule has 35 heavy (non-hydrogen) atoms. The van der Waals surface area contributed by atoms with Crippen LogP contribution in [0.1, 0.15) is 0 Å². The third kappa shape index (κ3) is 5.71. The van der Waals surface area contributed by atoms with Gasteiger partial charge in [0.1, 0.15) is 18.0 Å². The minimum absolute atomic E-state index is 0.00286. The lowest BCUT2D eigenvalue weighted by Crippen LogP contribution is -2.08. The fraction of sp³-hybridized carbons (Fsp3) is 0.125. The molecule has 0 spiro atoms. The molecule has 2 heterocycles. The van der Waals surface area contributed by atoms with Crippen molar-refractivity contribution in [1.82, 2.24) is 15.0 Å². The normalized spacial score (nSPS) is 10.7. The zero-order chi connectivity index (χ0) is 24.8. The van der Waals surface area contributed by atoms with Crippen LogP contribution < -0.4 is 20.1 Å². The highest BCUT2D eigenvalue weighted by atomic mass is 19.1. The SMILES string of the molecule is C=CC(=O)Nc1cccc(Oc2nc(Nc3cc(F)c(OCCOC)c(F)c3)nc3[nH]ccc23)c1. The van der Waals surface area contributed by atoms with Gasteiger partial charge in [-0.05, 0) is 24.3 Å². The lowest BCUT2D eigenvalue weighted by atomic mass is 10.2. The largest absolute Gasteiger partial charge is 0.485 e. The standard InChI is InChI=1S/C24H21F2N5O4/c1-3-20(32)28-14-5-4-6-16(11-14)35-23-17-7-8-27-22(17)30-24(31-23)29-15-12-18(25)21(19(26)13-15)34-10-9-33-2/h3-8,11-13H,1,9-10H2,2H3,(H,28,32)(H2,27,29,30,31). The van der Waals surface area contributed by atoms with Crippen molar-refractivity contribution >= 4 is 34.3 Å². The Morgan fingerprint density at radius 3 is 2.66 bits per heavy atom. The number of methoxy groups -OCH3 is 1. The fourth-order valence-electron chi connectivity index (χ4n) is 3.12. The van der Waals surface area contributed by atoms with Gasteiger partial charge in [0.15, 0.2) is 17.4 Å². The average molecular weight is 481 g/mol. The first-order chi connectivity index (χ1) is 17.0. The maximum absolute atomic E-state index is 14.4. The Bertz CT molecular complexity index is 1350. The smallest absolute Gasteiger partial charge is 0.247 e. The van der Waals surface area contributed by atoms with Gasteiger partial charge in [-0.2, -0.15) is 9.97 Å².